The molecule has 0 aliphatic rings. The molecular weight excluding hydrogens is 268 g/mol. The molecule has 0 saturated carbocycles. The van der Waals surface area contributed by atoms with Crippen LogP contribution in [0.5, 0.6) is 0 Å². The van der Waals surface area contributed by atoms with Gasteiger partial charge in [-0.2, -0.15) is 4.98 Å². The number of rotatable bonds is 4. The van der Waals surface area contributed by atoms with Gasteiger partial charge in [-0.05, 0) is 30.7 Å². The van der Waals surface area contributed by atoms with Crippen molar-refractivity contribution in [2.45, 2.75) is 13.3 Å². The van der Waals surface area contributed by atoms with Gasteiger partial charge in [-0.3, -0.25) is 0 Å². The van der Waals surface area contributed by atoms with E-state index >= 15 is 0 Å². The van der Waals surface area contributed by atoms with Crippen LogP contribution in [-0.2, 0) is 6.42 Å². The number of nitrogens with zero attached hydrogens (tertiary/aromatic N) is 3. The first kappa shape index (κ1) is 13.0. The number of thiazole rings is 1. The first-order valence-corrected chi connectivity index (χ1v) is 7.43. The van der Waals surface area contributed by atoms with E-state index in [1.54, 1.807) is 11.3 Å². The van der Waals surface area contributed by atoms with Gasteiger partial charge in [-0.15, -0.1) is 16.4 Å². The molecule has 0 spiro atoms. The number of hydrogen-bond acceptors (Lipinski definition) is 4. The van der Waals surface area contributed by atoms with Crippen molar-refractivity contribution in [1.29, 1.82) is 0 Å². The molecule has 1 aromatic carbocycles. The highest BCUT2D eigenvalue weighted by Gasteiger charge is 2.07. The van der Waals surface area contributed by atoms with E-state index in [2.05, 4.69) is 40.6 Å². The fourth-order valence-electron chi connectivity index (χ4n) is 2.07. The van der Waals surface area contributed by atoms with Crippen molar-refractivity contribution in [3.05, 3.63) is 52.3 Å². The molecule has 0 atom stereocenters. The Labute approximate surface area is 121 Å². The summed E-state index contributed by atoms with van der Waals surface area (Å²) in [6.07, 6.45) is 4.83. The fraction of sp³-hybridized carbons (Fsp3) is 0.200. The number of aromatic nitrogens is 3. The molecule has 3 rings (SSSR count). The van der Waals surface area contributed by atoms with Crippen molar-refractivity contribution >= 4 is 28.4 Å². The second-order valence-corrected chi connectivity index (χ2v) is 5.46. The molecule has 5 heteroatoms. The molecule has 0 radical (unpaired) electrons. The van der Waals surface area contributed by atoms with E-state index in [0.29, 0.717) is 6.54 Å². The fourth-order valence-corrected chi connectivity index (χ4v) is 2.93. The molecule has 0 unspecified atom stereocenters. The first-order valence-electron chi connectivity index (χ1n) is 6.55. The quantitative estimate of drug-likeness (QED) is 0.801. The van der Waals surface area contributed by atoms with Crippen LogP contribution >= 0.6 is 11.3 Å². The molecule has 20 heavy (non-hydrogen) atoms. The topological polar surface area (TPSA) is 56.2 Å². The third-order valence-electron chi connectivity index (χ3n) is 3.17. The van der Waals surface area contributed by atoms with Gasteiger partial charge in [0, 0.05) is 11.8 Å². The maximum Gasteiger partial charge on any atom is 0.212 e. The molecule has 0 saturated heterocycles. The van der Waals surface area contributed by atoms with Crippen molar-refractivity contribution in [3.63, 3.8) is 0 Å². The number of hydrogen-bond donors (Lipinski definition) is 1. The minimum absolute atomic E-state index is 0.625. The normalized spacial score (nSPS) is 11.7. The Morgan fingerprint density at radius 1 is 1.30 bits per heavy atom. The maximum atomic E-state index is 5.60. The van der Waals surface area contributed by atoms with Crippen LogP contribution in [-0.4, -0.2) is 21.1 Å². The van der Waals surface area contributed by atoms with Crippen LogP contribution in [0.15, 0.2) is 29.6 Å². The number of nitrogens with two attached hydrogens (primary N) is 1. The summed E-state index contributed by atoms with van der Waals surface area (Å²) in [5.41, 5.74) is 9.15. The van der Waals surface area contributed by atoms with Crippen molar-refractivity contribution < 1.29 is 0 Å². The molecule has 2 N–H and O–H groups in total. The third kappa shape index (κ3) is 2.50. The molecule has 0 aliphatic heterocycles. The average molecular weight is 284 g/mol. The lowest BCUT2D eigenvalue weighted by Gasteiger charge is -1.97. The molecule has 3 aromatic rings. The van der Waals surface area contributed by atoms with Gasteiger partial charge in [0.15, 0.2) is 5.82 Å². The largest absolute Gasteiger partial charge is 0.330 e. The smallest absolute Gasteiger partial charge is 0.212 e. The molecule has 4 nitrogen and oxygen atoms in total. The van der Waals surface area contributed by atoms with E-state index in [9.17, 15) is 0 Å². The summed E-state index contributed by atoms with van der Waals surface area (Å²) in [7, 11) is 0. The number of fused-ring (bicyclic) bond motifs is 1. The minimum Gasteiger partial charge on any atom is -0.330 e. The van der Waals surface area contributed by atoms with Crippen LogP contribution in [0.1, 0.15) is 22.6 Å². The van der Waals surface area contributed by atoms with Gasteiger partial charge >= 0.3 is 0 Å². The van der Waals surface area contributed by atoms with E-state index in [-0.39, 0.29) is 0 Å². The summed E-state index contributed by atoms with van der Waals surface area (Å²) < 4.78 is 1.88. The molecule has 0 bridgehead atoms. The van der Waals surface area contributed by atoms with Gasteiger partial charge in [0.1, 0.15) is 0 Å². The van der Waals surface area contributed by atoms with Crippen LogP contribution in [0.25, 0.3) is 17.1 Å². The lowest BCUT2D eigenvalue weighted by atomic mass is 10.1. The van der Waals surface area contributed by atoms with Gasteiger partial charge in [0.25, 0.3) is 0 Å². The zero-order valence-corrected chi connectivity index (χ0v) is 12.1. The van der Waals surface area contributed by atoms with Crippen LogP contribution in [0.4, 0.5) is 0 Å². The zero-order valence-electron chi connectivity index (χ0n) is 11.3. The van der Waals surface area contributed by atoms with E-state index < -0.39 is 0 Å². The Kier molecular flexibility index (Phi) is 3.62. The van der Waals surface area contributed by atoms with E-state index in [0.717, 1.165) is 22.9 Å². The second-order valence-electron chi connectivity index (χ2n) is 4.62. The molecule has 0 amide bonds. The van der Waals surface area contributed by atoms with E-state index in [1.807, 2.05) is 22.7 Å². The Bertz CT molecular complexity index is 754. The molecule has 0 aliphatic carbocycles. The predicted octanol–water partition coefficient (Wildman–Crippen LogP) is 2.77. The highest BCUT2D eigenvalue weighted by Crippen LogP contribution is 2.16. The average Bonchev–Trinajstić information content (AvgIpc) is 3.00. The molecule has 0 fully saturated rings. The monoisotopic (exact) mass is 284 g/mol. The van der Waals surface area contributed by atoms with Crippen molar-refractivity contribution in [3.8, 4) is 0 Å². The molecular formula is C15H16N4S. The summed E-state index contributed by atoms with van der Waals surface area (Å²) in [5.74, 6) is 0.735. The lowest BCUT2D eigenvalue weighted by molar-refractivity contribution is 0.839. The lowest BCUT2D eigenvalue weighted by Crippen LogP contribution is -2.05. The van der Waals surface area contributed by atoms with Crippen LogP contribution in [0.3, 0.4) is 0 Å². The summed E-state index contributed by atoms with van der Waals surface area (Å²) in [4.78, 5) is 5.42. The van der Waals surface area contributed by atoms with Gasteiger partial charge in [-0.25, -0.2) is 4.52 Å². The van der Waals surface area contributed by atoms with E-state index in [1.165, 1.54) is 11.1 Å². The van der Waals surface area contributed by atoms with Crippen molar-refractivity contribution in [1.82, 2.24) is 14.6 Å². The van der Waals surface area contributed by atoms with Gasteiger partial charge in [-0.1, -0.05) is 30.3 Å². The Hall–Kier alpha value is -1.98. The van der Waals surface area contributed by atoms with Crippen LogP contribution in [0, 0.1) is 6.92 Å². The summed E-state index contributed by atoms with van der Waals surface area (Å²) in [6.45, 7) is 2.72. The maximum absolute atomic E-state index is 5.60. The standard InChI is InChI=1S/C15H16N4S/c1-11-4-2-3-5-12(11)6-7-14-17-15-19(18-14)13(8-9-16)10-20-15/h2-7,10H,8-9,16H2,1H3/b7-6+. The van der Waals surface area contributed by atoms with Crippen LogP contribution in [0.2, 0.25) is 0 Å². The van der Waals surface area contributed by atoms with Gasteiger partial charge < -0.3 is 5.73 Å². The summed E-state index contributed by atoms with van der Waals surface area (Å²) >= 11 is 1.60. The minimum atomic E-state index is 0.625. The first-order chi connectivity index (χ1) is 9.78. The zero-order chi connectivity index (χ0) is 13.9. The summed E-state index contributed by atoms with van der Waals surface area (Å²) in [6, 6.07) is 8.25. The Morgan fingerprint density at radius 3 is 2.95 bits per heavy atom. The number of aryl methyl sites for hydroxylation is 1. The van der Waals surface area contributed by atoms with Gasteiger partial charge in [0.2, 0.25) is 4.96 Å². The molecule has 102 valence electrons. The third-order valence-corrected chi connectivity index (χ3v) is 4.03. The Balaban J connectivity index is 1.89. The second kappa shape index (κ2) is 5.56. The van der Waals surface area contributed by atoms with Crippen molar-refractivity contribution in [2.24, 2.45) is 5.73 Å². The number of benzene rings is 1. The SMILES string of the molecule is Cc1ccccc1/C=C/c1nc2scc(CCN)n2n1. The van der Waals surface area contributed by atoms with Gasteiger partial charge in [0.05, 0.1) is 5.69 Å². The predicted molar refractivity (Wildman–Crippen MR) is 83.7 cm³/mol. The summed E-state index contributed by atoms with van der Waals surface area (Å²) in [5, 5.41) is 6.58. The van der Waals surface area contributed by atoms with Crippen LogP contribution < -0.4 is 5.73 Å². The Morgan fingerprint density at radius 2 is 2.15 bits per heavy atom. The van der Waals surface area contributed by atoms with Crippen molar-refractivity contribution in [2.75, 3.05) is 6.54 Å². The molecule has 2 heterocycles. The highest BCUT2D eigenvalue weighted by molar-refractivity contribution is 7.15. The van der Waals surface area contributed by atoms with E-state index in [4.69, 9.17) is 5.73 Å². The molecule has 2 aromatic heterocycles. The highest BCUT2D eigenvalue weighted by atomic mass is 32.1.